The molecular formula is C23H34N4O5. The predicted molar refractivity (Wildman–Crippen MR) is 119 cm³/mol. The maximum absolute atomic E-state index is 13.3. The van der Waals surface area contributed by atoms with Gasteiger partial charge in [-0.3, -0.25) is 19.2 Å². The van der Waals surface area contributed by atoms with Crippen LogP contribution in [0.5, 0.6) is 0 Å². The number of β-amino-alcohol motifs (C(OH)–C–C–N with tert-alkyl or cyclic N) is 1. The van der Waals surface area contributed by atoms with Gasteiger partial charge in [0, 0.05) is 26.3 Å². The van der Waals surface area contributed by atoms with Gasteiger partial charge in [0.05, 0.1) is 6.10 Å². The third-order valence-electron chi connectivity index (χ3n) is 5.55. The summed E-state index contributed by atoms with van der Waals surface area (Å²) in [5.41, 5.74) is 6.80. The summed E-state index contributed by atoms with van der Waals surface area (Å²) in [6.45, 7) is 8.63. The number of aryl methyl sites for hydroxylation is 1. The third-order valence-corrected chi connectivity index (χ3v) is 5.55. The highest BCUT2D eigenvalue weighted by Gasteiger charge is 2.44. The molecule has 0 radical (unpaired) electrons. The molecule has 0 spiro atoms. The first-order chi connectivity index (χ1) is 14.8. The Bertz CT molecular complexity index is 862. The Labute approximate surface area is 188 Å². The van der Waals surface area contributed by atoms with Crippen molar-refractivity contribution in [1.82, 2.24) is 15.5 Å². The molecule has 0 saturated carbocycles. The van der Waals surface area contributed by atoms with Crippen LogP contribution in [0.15, 0.2) is 24.3 Å². The molecule has 1 aromatic rings. The molecule has 1 aliphatic heterocycles. The number of nitrogens with two attached hydrogens (primary N) is 1. The van der Waals surface area contributed by atoms with Crippen LogP contribution in [0.25, 0.3) is 0 Å². The average Bonchev–Trinajstić information content (AvgIpc) is 3.07. The van der Waals surface area contributed by atoms with E-state index in [0.717, 1.165) is 11.1 Å². The van der Waals surface area contributed by atoms with Crippen LogP contribution in [0.4, 0.5) is 0 Å². The fourth-order valence-electron chi connectivity index (χ4n) is 3.77. The molecule has 1 saturated heterocycles. The van der Waals surface area contributed by atoms with Crippen LogP contribution in [-0.4, -0.2) is 64.4 Å². The van der Waals surface area contributed by atoms with Gasteiger partial charge in [-0.1, -0.05) is 50.6 Å². The highest BCUT2D eigenvalue weighted by Crippen LogP contribution is 2.26. The van der Waals surface area contributed by atoms with E-state index in [0.29, 0.717) is 0 Å². The van der Waals surface area contributed by atoms with Crippen LogP contribution in [0.3, 0.4) is 0 Å². The van der Waals surface area contributed by atoms with E-state index in [1.165, 1.54) is 11.8 Å². The topological polar surface area (TPSA) is 142 Å². The zero-order valence-corrected chi connectivity index (χ0v) is 19.3. The Morgan fingerprint density at radius 1 is 1.16 bits per heavy atom. The molecule has 4 amide bonds. The van der Waals surface area contributed by atoms with Gasteiger partial charge in [-0.05, 0) is 17.9 Å². The van der Waals surface area contributed by atoms with E-state index in [4.69, 9.17) is 5.73 Å². The molecule has 1 heterocycles. The van der Waals surface area contributed by atoms with E-state index in [2.05, 4.69) is 10.6 Å². The number of aliphatic hydroxyl groups is 1. The number of benzene rings is 1. The predicted octanol–water partition coefficient (Wildman–Crippen LogP) is 0.0202. The van der Waals surface area contributed by atoms with Crippen molar-refractivity contribution in [2.75, 3.05) is 6.54 Å². The van der Waals surface area contributed by atoms with Crippen molar-refractivity contribution in [3.05, 3.63) is 35.4 Å². The minimum Gasteiger partial charge on any atom is -0.391 e. The van der Waals surface area contributed by atoms with Crippen molar-refractivity contribution in [3.8, 4) is 0 Å². The lowest BCUT2D eigenvalue weighted by Crippen LogP contribution is -2.58. The lowest BCUT2D eigenvalue weighted by atomic mass is 9.85. The van der Waals surface area contributed by atoms with Crippen LogP contribution in [0, 0.1) is 12.3 Å². The summed E-state index contributed by atoms with van der Waals surface area (Å²) < 4.78 is 0. The van der Waals surface area contributed by atoms with Gasteiger partial charge in [-0.2, -0.15) is 0 Å². The molecule has 5 N–H and O–H groups in total. The summed E-state index contributed by atoms with van der Waals surface area (Å²) in [6, 6.07) is 4.70. The molecule has 9 heteroatoms. The number of carbonyl (C=O) groups excluding carboxylic acids is 4. The van der Waals surface area contributed by atoms with Crippen molar-refractivity contribution < 1.29 is 24.3 Å². The lowest BCUT2D eigenvalue weighted by molar-refractivity contribution is -0.144. The van der Waals surface area contributed by atoms with Gasteiger partial charge in [0.15, 0.2) is 0 Å². The molecule has 0 bridgehead atoms. The Morgan fingerprint density at radius 2 is 1.75 bits per heavy atom. The summed E-state index contributed by atoms with van der Waals surface area (Å²) in [7, 11) is 0. The first kappa shape index (κ1) is 25.3. The number of rotatable bonds is 7. The number of likely N-dealkylation sites (tertiary alicyclic amines) is 1. The molecule has 2 rings (SSSR count). The van der Waals surface area contributed by atoms with E-state index < -0.39 is 47.4 Å². The molecule has 1 aliphatic rings. The minimum atomic E-state index is -0.976. The molecule has 1 fully saturated rings. The van der Waals surface area contributed by atoms with E-state index in [9.17, 15) is 24.3 Å². The second-order valence-corrected chi connectivity index (χ2v) is 9.55. The highest BCUT2D eigenvalue weighted by atomic mass is 16.3. The van der Waals surface area contributed by atoms with Gasteiger partial charge >= 0.3 is 0 Å². The Kier molecular flexibility index (Phi) is 8.01. The quantitative estimate of drug-likeness (QED) is 0.467. The van der Waals surface area contributed by atoms with E-state index in [-0.39, 0.29) is 25.3 Å². The van der Waals surface area contributed by atoms with Gasteiger partial charge in [-0.25, -0.2) is 0 Å². The molecule has 0 unspecified atom stereocenters. The second-order valence-electron chi connectivity index (χ2n) is 9.55. The molecule has 9 nitrogen and oxygen atoms in total. The van der Waals surface area contributed by atoms with Crippen LogP contribution in [0.1, 0.15) is 45.2 Å². The van der Waals surface area contributed by atoms with Crippen LogP contribution >= 0.6 is 0 Å². The number of nitrogens with zero attached hydrogens (tertiary/aromatic N) is 1. The number of carbonyl (C=O) groups is 4. The molecule has 1 aromatic carbocycles. The normalized spacial score (nSPS) is 20.4. The number of nitrogens with one attached hydrogen (secondary N) is 2. The largest absolute Gasteiger partial charge is 0.391 e. The zero-order valence-electron chi connectivity index (χ0n) is 19.3. The number of primary amides is 1. The maximum atomic E-state index is 13.3. The van der Waals surface area contributed by atoms with Crippen molar-refractivity contribution in [2.24, 2.45) is 11.1 Å². The fourth-order valence-corrected chi connectivity index (χ4v) is 3.77. The standard InChI is InChI=1S/C23H34N4O5/c1-13-6-8-15(9-7-13)10-17(20(24)30)26-21(31)18-11-16(29)12-27(18)22(32)19(23(3,4)5)25-14(2)28/h6-9,16-19,29H,10-12H2,1-5H3,(H2,24,30)(H,25,28)(H,26,31)/t16-,17-,18+,19-/m1/s1. The minimum absolute atomic E-state index is 0.0323. The smallest absolute Gasteiger partial charge is 0.246 e. The van der Waals surface area contributed by atoms with Gasteiger partial charge in [-0.15, -0.1) is 0 Å². The van der Waals surface area contributed by atoms with Gasteiger partial charge in [0.2, 0.25) is 23.6 Å². The van der Waals surface area contributed by atoms with Crippen molar-refractivity contribution in [2.45, 2.75) is 71.7 Å². The van der Waals surface area contributed by atoms with Crippen molar-refractivity contribution >= 4 is 23.6 Å². The summed E-state index contributed by atoms with van der Waals surface area (Å²) in [5.74, 6) is -2.09. The zero-order chi connectivity index (χ0) is 24.2. The maximum Gasteiger partial charge on any atom is 0.246 e. The number of hydrogen-bond acceptors (Lipinski definition) is 5. The van der Waals surface area contributed by atoms with Crippen LogP contribution in [0.2, 0.25) is 0 Å². The Hall–Kier alpha value is -2.94. The SMILES string of the molecule is CC(=O)N[C@H](C(=O)N1C[C@H](O)C[C@H]1C(=O)N[C@H](Cc1ccc(C)cc1)C(N)=O)C(C)(C)C. The van der Waals surface area contributed by atoms with E-state index >= 15 is 0 Å². The summed E-state index contributed by atoms with van der Waals surface area (Å²) >= 11 is 0. The van der Waals surface area contributed by atoms with E-state index in [1.54, 1.807) is 20.8 Å². The monoisotopic (exact) mass is 446 g/mol. The van der Waals surface area contributed by atoms with Gasteiger partial charge < -0.3 is 26.4 Å². The molecule has 176 valence electrons. The van der Waals surface area contributed by atoms with Gasteiger partial charge in [0.1, 0.15) is 18.1 Å². The molecule has 32 heavy (non-hydrogen) atoms. The number of aliphatic hydroxyl groups excluding tert-OH is 1. The number of amides is 4. The molecule has 0 aromatic heterocycles. The van der Waals surface area contributed by atoms with Crippen LogP contribution < -0.4 is 16.4 Å². The van der Waals surface area contributed by atoms with Gasteiger partial charge in [0.25, 0.3) is 0 Å². The van der Waals surface area contributed by atoms with Crippen LogP contribution in [-0.2, 0) is 25.6 Å². The van der Waals surface area contributed by atoms with Crippen molar-refractivity contribution in [3.63, 3.8) is 0 Å². The Balaban J connectivity index is 2.20. The van der Waals surface area contributed by atoms with E-state index in [1.807, 2.05) is 31.2 Å². The molecule has 0 aliphatic carbocycles. The summed E-state index contributed by atoms with van der Waals surface area (Å²) in [6.07, 6.45) is -0.650. The first-order valence-electron chi connectivity index (χ1n) is 10.7. The summed E-state index contributed by atoms with van der Waals surface area (Å²) in [5, 5.41) is 15.5. The first-order valence-corrected chi connectivity index (χ1v) is 10.7. The lowest BCUT2D eigenvalue weighted by Gasteiger charge is -2.35. The third kappa shape index (κ3) is 6.53. The second kappa shape index (κ2) is 10.1. The number of hydrogen-bond donors (Lipinski definition) is 4. The molecule has 4 atom stereocenters. The average molecular weight is 447 g/mol. The fraction of sp³-hybridized carbons (Fsp3) is 0.565. The van der Waals surface area contributed by atoms with Crippen molar-refractivity contribution in [1.29, 1.82) is 0 Å². The molecular weight excluding hydrogens is 412 g/mol. The summed E-state index contributed by atoms with van der Waals surface area (Å²) in [4.78, 5) is 51.2. The Morgan fingerprint density at radius 3 is 2.25 bits per heavy atom. The highest BCUT2D eigenvalue weighted by molar-refractivity contribution is 5.94.